The molecule has 0 aliphatic carbocycles. The van der Waals surface area contributed by atoms with Gasteiger partial charge in [0.05, 0.1) is 16.3 Å². The second-order valence-corrected chi connectivity index (χ2v) is 6.81. The van der Waals surface area contributed by atoms with E-state index in [0.717, 1.165) is 0 Å². The molecule has 0 saturated carbocycles. The molecule has 0 heterocycles. The minimum absolute atomic E-state index is 0.0443. The first-order valence-corrected chi connectivity index (χ1v) is 8.29. The van der Waals surface area contributed by atoms with Gasteiger partial charge in [0.1, 0.15) is 0 Å². The molecule has 0 bridgehead atoms. The van der Waals surface area contributed by atoms with Gasteiger partial charge >= 0.3 is 0 Å². The topological polar surface area (TPSA) is 106 Å². The number of amides is 1. The zero-order chi connectivity index (χ0) is 17.0. The lowest BCUT2D eigenvalue weighted by atomic mass is 10.2. The van der Waals surface area contributed by atoms with Crippen LogP contribution in [0.5, 0.6) is 0 Å². The number of hydrogen-bond acceptors (Lipinski definition) is 5. The average molecular weight is 332 g/mol. The Labute approximate surface area is 134 Å². The van der Waals surface area contributed by atoms with Crippen LogP contribution in [-0.2, 0) is 14.6 Å². The molecule has 0 fully saturated rings. The van der Waals surface area contributed by atoms with Crippen molar-refractivity contribution in [3.8, 4) is 0 Å². The Kier molecular flexibility index (Phi) is 4.92. The van der Waals surface area contributed by atoms with Crippen LogP contribution in [0.15, 0.2) is 58.3 Å². The highest BCUT2D eigenvalue weighted by Gasteiger charge is 2.18. The third-order valence-corrected chi connectivity index (χ3v) is 4.95. The fourth-order valence-electron chi connectivity index (χ4n) is 1.96. The van der Waals surface area contributed by atoms with E-state index in [0.29, 0.717) is 11.3 Å². The summed E-state index contributed by atoms with van der Waals surface area (Å²) in [5.74, 6) is -0.550. The van der Waals surface area contributed by atoms with Crippen molar-refractivity contribution in [1.82, 2.24) is 0 Å². The second-order valence-electron chi connectivity index (χ2n) is 4.86. The number of hydrogen-bond donors (Lipinski definition) is 2. The maximum atomic E-state index is 12.6. The summed E-state index contributed by atoms with van der Waals surface area (Å²) in [5.41, 5.74) is 6.00. The molecule has 0 atom stereocenters. The summed E-state index contributed by atoms with van der Waals surface area (Å²) < 4.78 is 25.2. The molecule has 2 aromatic carbocycles. The zero-order valence-corrected chi connectivity index (χ0v) is 13.3. The Morgan fingerprint density at radius 3 is 2.26 bits per heavy atom. The van der Waals surface area contributed by atoms with Crippen molar-refractivity contribution < 1.29 is 18.0 Å². The standard InChI is InChI=1S/C16H16N2O4S/c1-11(19)12-5-7-14(8-6-12)23(21,22)15-4-2-3-13(9-15)18-16(20)10-17/h2-9H,10,17H2,1H3,(H,18,20). The predicted molar refractivity (Wildman–Crippen MR) is 86.0 cm³/mol. The first-order chi connectivity index (χ1) is 10.8. The summed E-state index contributed by atoms with van der Waals surface area (Å²) in [5, 5.41) is 2.51. The maximum absolute atomic E-state index is 12.6. The van der Waals surface area contributed by atoms with Gasteiger partial charge < -0.3 is 11.1 Å². The first kappa shape index (κ1) is 16.9. The fraction of sp³-hybridized carbons (Fsp3) is 0.125. The predicted octanol–water partition coefficient (Wildman–Crippen LogP) is 1.62. The molecular formula is C16H16N2O4S. The van der Waals surface area contributed by atoms with Crippen molar-refractivity contribution in [3.05, 3.63) is 54.1 Å². The molecule has 120 valence electrons. The van der Waals surface area contributed by atoms with Crippen LogP contribution in [0, 0.1) is 0 Å². The van der Waals surface area contributed by atoms with Gasteiger partial charge in [0.15, 0.2) is 5.78 Å². The lowest BCUT2D eigenvalue weighted by Crippen LogP contribution is -2.21. The molecule has 6 nitrogen and oxygen atoms in total. The van der Waals surface area contributed by atoms with Crippen LogP contribution in [0.25, 0.3) is 0 Å². The Morgan fingerprint density at radius 1 is 1.04 bits per heavy atom. The van der Waals surface area contributed by atoms with Crippen LogP contribution in [0.2, 0.25) is 0 Å². The van der Waals surface area contributed by atoms with E-state index in [2.05, 4.69) is 5.32 Å². The average Bonchev–Trinajstić information content (AvgIpc) is 2.55. The number of anilines is 1. The van der Waals surface area contributed by atoms with Gasteiger partial charge in [0.2, 0.25) is 15.7 Å². The van der Waals surface area contributed by atoms with E-state index in [1.807, 2.05) is 0 Å². The van der Waals surface area contributed by atoms with Crippen molar-refractivity contribution in [1.29, 1.82) is 0 Å². The highest BCUT2D eigenvalue weighted by atomic mass is 32.2. The normalized spacial score (nSPS) is 11.0. The summed E-state index contributed by atoms with van der Waals surface area (Å²) in [6.45, 7) is 1.22. The summed E-state index contributed by atoms with van der Waals surface area (Å²) in [6, 6.07) is 11.6. The molecule has 2 rings (SSSR count). The maximum Gasteiger partial charge on any atom is 0.238 e. The molecule has 0 radical (unpaired) electrons. The quantitative estimate of drug-likeness (QED) is 0.809. The number of carbonyl (C=O) groups is 2. The van der Waals surface area contributed by atoms with E-state index in [-0.39, 0.29) is 22.1 Å². The van der Waals surface area contributed by atoms with Crippen molar-refractivity contribution in [2.24, 2.45) is 5.73 Å². The van der Waals surface area contributed by atoms with Crippen molar-refractivity contribution in [3.63, 3.8) is 0 Å². The number of Topliss-reactive ketones (excluding diaryl/α,β-unsaturated/α-hetero) is 1. The minimum Gasteiger partial charge on any atom is -0.325 e. The van der Waals surface area contributed by atoms with E-state index in [4.69, 9.17) is 5.73 Å². The van der Waals surface area contributed by atoms with Gasteiger partial charge in [0, 0.05) is 11.3 Å². The summed E-state index contributed by atoms with van der Waals surface area (Å²) in [7, 11) is -3.74. The smallest absolute Gasteiger partial charge is 0.238 e. The van der Waals surface area contributed by atoms with Gasteiger partial charge in [-0.15, -0.1) is 0 Å². The largest absolute Gasteiger partial charge is 0.325 e. The molecule has 0 aliphatic heterocycles. The molecule has 0 unspecified atom stereocenters. The highest BCUT2D eigenvalue weighted by molar-refractivity contribution is 7.91. The van der Waals surface area contributed by atoms with Crippen LogP contribution in [-0.4, -0.2) is 26.7 Å². The van der Waals surface area contributed by atoms with Crippen LogP contribution in [0.1, 0.15) is 17.3 Å². The van der Waals surface area contributed by atoms with Crippen LogP contribution in [0.4, 0.5) is 5.69 Å². The Bertz CT molecular complexity index is 843. The molecule has 0 spiro atoms. The minimum atomic E-state index is -3.74. The molecule has 2 aromatic rings. The summed E-state index contributed by atoms with van der Waals surface area (Å²) in [6.07, 6.45) is 0. The molecule has 0 saturated heterocycles. The van der Waals surface area contributed by atoms with Crippen LogP contribution >= 0.6 is 0 Å². The van der Waals surface area contributed by atoms with Crippen molar-refractivity contribution in [2.45, 2.75) is 16.7 Å². The Balaban J connectivity index is 2.37. The Morgan fingerprint density at radius 2 is 1.70 bits per heavy atom. The number of carbonyl (C=O) groups excluding carboxylic acids is 2. The summed E-state index contributed by atoms with van der Waals surface area (Å²) >= 11 is 0. The van der Waals surface area contributed by atoms with Crippen molar-refractivity contribution in [2.75, 3.05) is 11.9 Å². The third kappa shape index (κ3) is 3.82. The second kappa shape index (κ2) is 6.72. The molecule has 0 aromatic heterocycles. The zero-order valence-electron chi connectivity index (χ0n) is 12.4. The van der Waals surface area contributed by atoms with E-state index in [1.54, 1.807) is 6.07 Å². The van der Waals surface area contributed by atoms with Crippen LogP contribution in [0.3, 0.4) is 0 Å². The summed E-state index contributed by atoms with van der Waals surface area (Å²) in [4.78, 5) is 22.7. The van der Waals surface area contributed by atoms with Gasteiger partial charge in [0.25, 0.3) is 0 Å². The van der Waals surface area contributed by atoms with Gasteiger partial charge in [-0.3, -0.25) is 9.59 Å². The molecule has 7 heteroatoms. The number of benzene rings is 2. The van der Waals surface area contributed by atoms with Gasteiger partial charge in [-0.25, -0.2) is 8.42 Å². The molecule has 1 amide bonds. The molecular weight excluding hydrogens is 316 g/mol. The molecule has 0 aliphatic rings. The van der Waals surface area contributed by atoms with E-state index in [9.17, 15) is 18.0 Å². The molecule has 3 N–H and O–H groups in total. The SMILES string of the molecule is CC(=O)c1ccc(S(=O)(=O)c2cccc(NC(=O)CN)c2)cc1. The van der Waals surface area contributed by atoms with E-state index in [1.165, 1.54) is 49.4 Å². The van der Waals surface area contributed by atoms with Gasteiger partial charge in [-0.2, -0.15) is 0 Å². The lowest BCUT2D eigenvalue weighted by Gasteiger charge is -2.08. The monoisotopic (exact) mass is 332 g/mol. The first-order valence-electron chi connectivity index (χ1n) is 6.80. The van der Waals surface area contributed by atoms with Gasteiger partial charge in [-0.1, -0.05) is 18.2 Å². The van der Waals surface area contributed by atoms with Crippen LogP contribution < -0.4 is 11.1 Å². The number of nitrogens with two attached hydrogens (primary N) is 1. The lowest BCUT2D eigenvalue weighted by molar-refractivity contribution is -0.114. The number of nitrogens with one attached hydrogen (secondary N) is 1. The highest BCUT2D eigenvalue weighted by Crippen LogP contribution is 2.23. The van der Waals surface area contributed by atoms with E-state index >= 15 is 0 Å². The fourth-order valence-corrected chi connectivity index (χ4v) is 3.26. The number of sulfone groups is 1. The van der Waals surface area contributed by atoms with Crippen molar-refractivity contribution >= 4 is 27.2 Å². The number of ketones is 1. The van der Waals surface area contributed by atoms with E-state index < -0.39 is 15.7 Å². The third-order valence-electron chi connectivity index (χ3n) is 3.18. The molecule has 23 heavy (non-hydrogen) atoms. The van der Waals surface area contributed by atoms with Gasteiger partial charge in [-0.05, 0) is 37.3 Å². The number of rotatable bonds is 5. The Hall–Kier alpha value is -2.51.